The third-order valence-corrected chi connectivity index (χ3v) is 7.24. The minimum Gasteiger partial charge on any atom is -0.396 e. The molecule has 0 aliphatic heterocycles. The van der Waals surface area contributed by atoms with Crippen molar-refractivity contribution in [2.75, 3.05) is 24.3 Å². The lowest BCUT2D eigenvalue weighted by atomic mass is 9.92. The Kier molecular flexibility index (Phi) is 5.40. The largest absolute Gasteiger partial charge is 0.396 e. The Morgan fingerprint density at radius 1 is 1.18 bits per heavy atom. The summed E-state index contributed by atoms with van der Waals surface area (Å²) in [5.74, 6) is 2.29. The molecule has 2 heterocycles. The number of fused-ring (bicyclic) bond motifs is 1. The highest BCUT2D eigenvalue weighted by Crippen LogP contribution is 2.42. The van der Waals surface area contributed by atoms with E-state index in [0.717, 1.165) is 27.2 Å². The lowest BCUT2D eigenvalue weighted by Gasteiger charge is -2.22. The van der Waals surface area contributed by atoms with E-state index in [1.807, 2.05) is 24.3 Å². The Hall–Kier alpha value is -1.96. The molecule has 0 radical (unpaired) electrons. The summed E-state index contributed by atoms with van der Waals surface area (Å²) in [5, 5.41) is 17.4. The Morgan fingerprint density at radius 2 is 1.96 bits per heavy atom. The van der Waals surface area contributed by atoms with Crippen LogP contribution in [0.25, 0.3) is 20.8 Å². The molecule has 1 aliphatic rings. The van der Waals surface area contributed by atoms with Crippen molar-refractivity contribution < 1.29 is 5.11 Å². The van der Waals surface area contributed by atoms with Gasteiger partial charge in [0.15, 0.2) is 0 Å². The van der Waals surface area contributed by atoms with Gasteiger partial charge in [0.2, 0.25) is 5.95 Å². The summed E-state index contributed by atoms with van der Waals surface area (Å²) in [5.41, 5.74) is 1.67. The molecular weight excluding hydrogens is 394 g/mol. The molecule has 2 aromatic heterocycles. The molecule has 3 N–H and O–H groups in total. The molecule has 148 valence electrons. The number of anilines is 2. The normalized spacial score (nSPS) is 24.6. The fourth-order valence-corrected chi connectivity index (χ4v) is 5.30. The van der Waals surface area contributed by atoms with Gasteiger partial charge in [0.1, 0.15) is 16.0 Å². The summed E-state index contributed by atoms with van der Waals surface area (Å²) < 4.78 is 1.10. The highest BCUT2D eigenvalue weighted by molar-refractivity contribution is 7.21. The first-order chi connectivity index (χ1) is 13.5. The van der Waals surface area contributed by atoms with Crippen molar-refractivity contribution in [3.63, 3.8) is 0 Å². The Labute approximate surface area is 173 Å². The summed E-state index contributed by atoms with van der Waals surface area (Å²) in [6.45, 7) is 4.63. The van der Waals surface area contributed by atoms with Gasteiger partial charge >= 0.3 is 0 Å². The van der Waals surface area contributed by atoms with Crippen LogP contribution in [0.15, 0.2) is 24.3 Å². The van der Waals surface area contributed by atoms with Crippen molar-refractivity contribution in [1.29, 1.82) is 0 Å². The van der Waals surface area contributed by atoms with Crippen LogP contribution in [-0.2, 0) is 0 Å². The van der Waals surface area contributed by atoms with E-state index in [4.69, 9.17) is 16.6 Å². The number of rotatable bonds is 5. The molecule has 3 aromatic rings. The number of halogens is 1. The predicted octanol–water partition coefficient (Wildman–Crippen LogP) is 4.51. The topological polar surface area (TPSA) is 83.0 Å². The van der Waals surface area contributed by atoms with Crippen molar-refractivity contribution in [1.82, 2.24) is 15.0 Å². The second-order valence-electron chi connectivity index (χ2n) is 7.45. The van der Waals surface area contributed by atoms with Gasteiger partial charge in [0, 0.05) is 19.7 Å². The van der Waals surface area contributed by atoms with Crippen LogP contribution < -0.4 is 10.6 Å². The average Bonchev–Trinajstić information content (AvgIpc) is 3.23. The van der Waals surface area contributed by atoms with Gasteiger partial charge in [-0.15, -0.1) is 11.3 Å². The minimum absolute atomic E-state index is 0.205. The fraction of sp³-hybridized carbons (Fsp3) is 0.450. The Balaban J connectivity index is 1.76. The molecule has 1 saturated carbocycles. The smallest absolute Gasteiger partial charge is 0.225 e. The quantitative estimate of drug-likeness (QED) is 0.529. The first kappa shape index (κ1) is 19.4. The van der Waals surface area contributed by atoms with Gasteiger partial charge in [-0.2, -0.15) is 4.98 Å². The van der Waals surface area contributed by atoms with E-state index in [1.165, 1.54) is 0 Å². The second-order valence-corrected chi connectivity index (χ2v) is 8.83. The zero-order valence-electron chi connectivity index (χ0n) is 16.1. The maximum absolute atomic E-state index is 9.68. The van der Waals surface area contributed by atoms with E-state index in [1.54, 1.807) is 18.4 Å². The number of aliphatic hydroxyl groups excluding tert-OH is 1. The maximum Gasteiger partial charge on any atom is 0.225 e. The van der Waals surface area contributed by atoms with E-state index < -0.39 is 0 Å². The standard InChI is InChI=1S/C20H24ClN5OS/c1-10-11(2)14(8-12(10)9-27)23-18-16(17(21)25-20(22-3)26-18)19-24-13-6-4-5-7-15(13)28-19/h4-7,10-12,14,27H,8-9H2,1-3H3,(H2,22,23,25,26)/t10-,11+,12+,14?/m0/s1. The van der Waals surface area contributed by atoms with Gasteiger partial charge in [-0.3, -0.25) is 0 Å². The first-order valence-corrected chi connectivity index (χ1v) is 10.7. The molecule has 6 nitrogen and oxygen atoms in total. The third-order valence-electron chi connectivity index (χ3n) is 5.92. The van der Waals surface area contributed by atoms with Crippen LogP contribution in [0.1, 0.15) is 20.3 Å². The molecule has 0 amide bonds. The molecule has 4 rings (SSSR count). The van der Waals surface area contributed by atoms with Gasteiger partial charge in [-0.25, -0.2) is 9.97 Å². The van der Waals surface area contributed by atoms with Crippen LogP contribution in [-0.4, -0.2) is 39.8 Å². The molecule has 1 unspecified atom stereocenters. The number of benzene rings is 1. The van der Waals surface area contributed by atoms with Gasteiger partial charge in [0.25, 0.3) is 0 Å². The van der Waals surface area contributed by atoms with E-state index in [9.17, 15) is 5.11 Å². The van der Waals surface area contributed by atoms with Crippen LogP contribution in [0.2, 0.25) is 5.15 Å². The maximum atomic E-state index is 9.68. The number of aromatic nitrogens is 3. The zero-order chi connectivity index (χ0) is 19.8. The summed E-state index contributed by atoms with van der Waals surface area (Å²) in [6.07, 6.45) is 0.897. The average molecular weight is 418 g/mol. The second kappa shape index (κ2) is 7.81. The van der Waals surface area contributed by atoms with E-state index >= 15 is 0 Å². The predicted molar refractivity (Wildman–Crippen MR) is 116 cm³/mol. The van der Waals surface area contributed by atoms with E-state index in [2.05, 4.69) is 34.4 Å². The fourth-order valence-electron chi connectivity index (χ4n) is 3.98. The molecule has 4 atom stereocenters. The molecule has 0 bridgehead atoms. The number of hydrogen-bond donors (Lipinski definition) is 3. The Morgan fingerprint density at radius 3 is 2.64 bits per heavy atom. The molecule has 1 aliphatic carbocycles. The molecule has 0 saturated heterocycles. The summed E-state index contributed by atoms with van der Waals surface area (Å²) in [4.78, 5) is 13.8. The van der Waals surface area contributed by atoms with Crippen molar-refractivity contribution in [3.8, 4) is 10.6 Å². The van der Waals surface area contributed by atoms with Crippen LogP contribution in [0.4, 0.5) is 11.8 Å². The van der Waals surface area contributed by atoms with Crippen LogP contribution in [0, 0.1) is 17.8 Å². The zero-order valence-corrected chi connectivity index (χ0v) is 17.7. The third kappa shape index (κ3) is 3.43. The van der Waals surface area contributed by atoms with Gasteiger partial charge in [-0.05, 0) is 36.3 Å². The highest BCUT2D eigenvalue weighted by atomic mass is 35.5. The number of thiazole rings is 1. The number of nitrogens with zero attached hydrogens (tertiary/aromatic N) is 3. The van der Waals surface area contributed by atoms with Gasteiger partial charge in [-0.1, -0.05) is 37.6 Å². The first-order valence-electron chi connectivity index (χ1n) is 9.50. The number of nitrogens with one attached hydrogen (secondary N) is 2. The number of aliphatic hydroxyl groups is 1. The molecule has 1 aromatic carbocycles. The van der Waals surface area contributed by atoms with Crippen LogP contribution in [0.3, 0.4) is 0 Å². The molecule has 28 heavy (non-hydrogen) atoms. The van der Waals surface area contributed by atoms with E-state index in [0.29, 0.717) is 34.7 Å². The van der Waals surface area contributed by atoms with Crippen molar-refractivity contribution in [2.45, 2.75) is 26.3 Å². The molecular formula is C20H24ClN5OS. The van der Waals surface area contributed by atoms with Crippen molar-refractivity contribution in [3.05, 3.63) is 29.4 Å². The summed E-state index contributed by atoms with van der Waals surface area (Å²) in [6, 6.07) is 8.22. The van der Waals surface area contributed by atoms with Gasteiger partial charge < -0.3 is 15.7 Å². The van der Waals surface area contributed by atoms with Crippen molar-refractivity contribution >= 4 is 44.9 Å². The summed E-state index contributed by atoms with van der Waals surface area (Å²) >= 11 is 8.16. The van der Waals surface area contributed by atoms with Crippen molar-refractivity contribution in [2.24, 2.45) is 17.8 Å². The Bertz CT molecular complexity index is 961. The minimum atomic E-state index is 0.205. The number of hydrogen-bond acceptors (Lipinski definition) is 7. The van der Waals surface area contributed by atoms with E-state index in [-0.39, 0.29) is 12.6 Å². The molecule has 1 fully saturated rings. The lowest BCUT2D eigenvalue weighted by molar-refractivity contribution is 0.191. The highest BCUT2D eigenvalue weighted by Gasteiger charge is 2.38. The molecule has 8 heteroatoms. The SMILES string of the molecule is CNc1nc(Cl)c(-c2nc3ccccc3s2)c(NC2C[C@H](CO)[C@@H](C)[C@H]2C)n1. The summed E-state index contributed by atoms with van der Waals surface area (Å²) in [7, 11) is 1.77. The van der Waals surface area contributed by atoms with Gasteiger partial charge in [0.05, 0.1) is 15.8 Å². The van der Waals surface area contributed by atoms with Crippen LogP contribution in [0.5, 0.6) is 0 Å². The monoisotopic (exact) mass is 417 g/mol. The lowest BCUT2D eigenvalue weighted by Crippen LogP contribution is -2.25. The van der Waals surface area contributed by atoms with Crippen LogP contribution >= 0.6 is 22.9 Å². The molecule has 0 spiro atoms. The number of para-hydroxylation sites is 1.